The zero-order chi connectivity index (χ0) is 12.1. The summed E-state index contributed by atoms with van der Waals surface area (Å²) in [5, 5.41) is 3.14. The van der Waals surface area contributed by atoms with Crippen LogP contribution in [0.15, 0.2) is 61.2 Å². The molecular formula is C15H16N2. The zero-order valence-electron chi connectivity index (χ0n) is 9.69. The SMILES string of the molecule is C=C(c1ccccc1)c1ccccc1NCN. The highest BCUT2D eigenvalue weighted by Crippen LogP contribution is 2.27. The minimum absolute atomic E-state index is 0.416. The Balaban J connectivity index is 2.37. The van der Waals surface area contributed by atoms with E-state index in [-0.39, 0.29) is 0 Å². The van der Waals surface area contributed by atoms with Crippen molar-refractivity contribution in [1.29, 1.82) is 0 Å². The summed E-state index contributed by atoms with van der Waals surface area (Å²) in [6, 6.07) is 18.2. The Morgan fingerprint density at radius 1 is 1.00 bits per heavy atom. The largest absolute Gasteiger partial charge is 0.372 e. The van der Waals surface area contributed by atoms with Crippen LogP contribution in [0.2, 0.25) is 0 Å². The third kappa shape index (κ3) is 2.55. The summed E-state index contributed by atoms with van der Waals surface area (Å²) < 4.78 is 0. The quantitative estimate of drug-likeness (QED) is 0.783. The number of nitrogens with one attached hydrogen (secondary N) is 1. The molecule has 0 fully saturated rings. The summed E-state index contributed by atoms with van der Waals surface area (Å²) in [5.74, 6) is 0. The molecule has 2 nitrogen and oxygen atoms in total. The van der Waals surface area contributed by atoms with Gasteiger partial charge in [-0.2, -0.15) is 0 Å². The molecule has 0 heterocycles. The monoisotopic (exact) mass is 224 g/mol. The average Bonchev–Trinajstić information content (AvgIpc) is 2.40. The lowest BCUT2D eigenvalue weighted by Gasteiger charge is -2.12. The number of hydrogen-bond acceptors (Lipinski definition) is 2. The van der Waals surface area contributed by atoms with Gasteiger partial charge in [0.05, 0.1) is 6.67 Å². The van der Waals surface area contributed by atoms with Gasteiger partial charge in [0.2, 0.25) is 0 Å². The fraction of sp³-hybridized carbons (Fsp3) is 0.0667. The highest BCUT2D eigenvalue weighted by molar-refractivity contribution is 5.84. The van der Waals surface area contributed by atoms with Crippen molar-refractivity contribution in [1.82, 2.24) is 0 Å². The van der Waals surface area contributed by atoms with Gasteiger partial charge in [-0.1, -0.05) is 55.1 Å². The standard InChI is InChI=1S/C15H16N2/c1-12(13-7-3-2-4-8-13)14-9-5-6-10-15(14)17-11-16/h2-10,17H,1,11,16H2. The molecule has 0 aromatic heterocycles. The van der Waals surface area contributed by atoms with Gasteiger partial charge in [0, 0.05) is 11.3 Å². The number of benzene rings is 2. The molecular weight excluding hydrogens is 208 g/mol. The topological polar surface area (TPSA) is 38.0 Å². The maximum absolute atomic E-state index is 5.53. The summed E-state index contributed by atoms with van der Waals surface area (Å²) in [7, 11) is 0. The maximum atomic E-state index is 5.53. The van der Waals surface area contributed by atoms with Gasteiger partial charge in [-0.15, -0.1) is 0 Å². The van der Waals surface area contributed by atoms with Gasteiger partial charge in [0.1, 0.15) is 0 Å². The minimum atomic E-state index is 0.416. The van der Waals surface area contributed by atoms with Crippen molar-refractivity contribution in [3.8, 4) is 0 Å². The second-order valence-electron chi connectivity index (χ2n) is 3.77. The number of para-hydroxylation sites is 1. The summed E-state index contributed by atoms with van der Waals surface area (Å²) in [6.07, 6.45) is 0. The summed E-state index contributed by atoms with van der Waals surface area (Å²) >= 11 is 0. The van der Waals surface area contributed by atoms with Gasteiger partial charge in [-0.05, 0) is 17.2 Å². The van der Waals surface area contributed by atoms with E-state index in [9.17, 15) is 0 Å². The lowest BCUT2D eigenvalue weighted by Crippen LogP contribution is -2.12. The van der Waals surface area contributed by atoms with Crippen molar-refractivity contribution < 1.29 is 0 Å². The van der Waals surface area contributed by atoms with E-state index in [4.69, 9.17) is 5.73 Å². The molecule has 17 heavy (non-hydrogen) atoms. The van der Waals surface area contributed by atoms with Crippen molar-refractivity contribution >= 4 is 11.3 Å². The van der Waals surface area contributed by atoms with Gasteiger partial charge in [-0.3, -0.25) is 0 Å². The van der Waals surface area contributed by atoms with Gasteiger partial charge in [-0.25, -0.2) is 0 Å². The Morgan fingerprint density at radius 3 is 2.35 bits per heavy atom. The maximum Gasteiger partial charge on any atom is 0.0628 e. The third-order valence-electron chi connectivity index (χ3n) is 2.67. The lowest BCUT2D eigenvalue weighted by molar-refractivity contribution is 1.14. The van der Waals surface area contributed by atoms with E-state index in [2.05, 4.69) is 24.0 Å². The van der Waals surface area contributed by atoms with Gasteiger partial charge < -0.3 is 11.1 Å². The Morgan fingerprint density at radius 2 is 1.65 bits per heavy atom. The predicted molar refractivity (Wildman–Crippen MR) is 73.7 cm³/mol. The first-order valence-corrected chi connectivity index (χ1v) is 5.60. The van der Waals surface area contributed by atoms with Crippen LogP contribution in [0.5, 0.6) is 0 Å². The second kappa shape index (κ2) is 5.32. The summed E-state index contributed by atoms with van der Waals surface area (Å²) in [5.41, 5.74) is 9.76. The predicted octanol–water partition coefficient (Wildman–Crippen LogP) is 3.08. The Labute approximate surface area is 102 Å². The van der Waals surface area contributed by atoms with Gasteiger partial charge in [0.25, 0.3) is 0 Å². The van der Waals surface area contributed by atoms with Crippen LogP contribution in [0.1, 0.15) is 11.1 Å². The number of hydrogen-bond donors (Lipinski definition) is 2. The van der Waals surface area contributed by atoms with Crippen molar-refractivity contribution in [3.63, 3.8) is 0 Å². The Bertz CT molecular complexity index is 503. The van der Waals surface area contributed by atoms with Crippen molar-refractivity contribution in [3.05, 3.63) is 72.3 Å². The molecule has 3 N–H and O–H groups in total. The number of rotatable bonds is 4. The van der Waals surface area contributed by atoms with Crippen molar-refractivity contribution in [2.24, 2.45) is 5.73 Å². The lowest BCUT2D eigenvalue weighted by atomic mass is 9.98. The van der Waals surface area contributed by atoms with Gasteiger partial charge >= 0.3 is 0 Å². The van der Waals surface area contributed by atoms with Crippen LogP contribution in [-0.4, -0.2) is 6.67 Å². The molecule has 0 aliphatic heterocycles. The molecule has 0 radical (unpaired) electrons. The first kappa shape index (κ1) is 11.4. The Kier molecular flexibility index (Phi) is 3.58. The fourth-order valence-corrected chi connectivity index (χ4v) is 1.81. The van der Waals surface area contributed by atoms with E-state index in [1.165, 1.54) is 0 Å². The molecule has 0 saturated carbocycles. The molecule has 2 heteroatoms. The van der Waals surface area contributed by atoms with E-state index < -0.39 is 0 Å². The first-order chi connectivity index (χ1) is 8.33. The van der Waals surface area contributed by atoms with E-state index in [0.717, 1.165) is 22.4 Å². The molecule has 2 aromatic rings. The molecule has 0 unspecified atom stereocenters. The molecule has 0 saturated heterocycles. The smallest absolute Gasteiger partial charge is 0.0628 e. The first-order valence-electron chi connectivity index (χ1n) is 5.60. The average molecular weight is 224 g/mol. The van der Waals surface area contributed by atoms with Crippen molar-refractivity contribution in [2.75, 3.05) is 12.0 Å². The van der Waals surface area contributed by atoms with Crippen LogP contribution in [0.25, 0.3) is 5.57 Å². The molecule has 86 valence electrons. The van der Waals surface area contributed by atoms with Gasteiger partial charge in [0.15, 0.2) is 0 Å². The van der Waals surface area contributed by atoms with Crippen LogP contribution in [0.4, 0.5) is 5.69 Å². The van der Waals surface area contributed by atoms with Crippen LogP contribution >= 0.6 is 0 Å². The number of anilines is 1. The van der Waals surface area contributed by atoms with Crippen LogP contribution < -0.4 is 11.1 Å². The third-order valence-corrected chi connectivity index (χ3v) is 2.67. The van der Waals surface area contributed by atoms with Crippen LogP contribution in [0, 0.1) is 0 Å². The highest BCUT2D eigenvalue weighted by atomic mass is 15.0. The fourth-order valence-electron chi connectivity index (χ4n) is 1.81. The Hall–Kier alpha value is -2.06. The zero-order valence-corrected chi connectivity index (χ0v) is 9.69. The summed E-state index contributed by atoms with van der Waals surface area (Å²) in [4.78, 5) is 0. The van der Waals surface area contributed by atoms with E-state index >= 15 is 0 Å². The second-order valence-corrected chi connectivity index (χ2v) is 3.77. The van der Waals surface area contributed by atoms with Crippen LogP contribution in [0.3, 0.4) is 0 Å². The molecule has 0 aliphatic carbocycles. The molecule has 0 spiro atoms. The highest BCUT2D eigenvalue weighted by Gasteiger charge is 2.06. The minimum Gasteiger partial charge on any atom is -0.372 e. The van der Waals surface area contributed by atoms with E-state index in [1.54, 1.807) is 0 Å². The molecule has 0 atom stereocenters. The molecule has 2 aromatic carbocycles. The normalized spacial score (nSPS) is 9.94. The van der Waals surface area contributed by atoms with E-state index in [1.807, 2.05) is 42.5 Å². The number of nitrogens with two attached hydrogens (primary N) is 1. The molecule has 0 amide bonds. The summed E-state index contributed by atoms with van der Waals surface area (Å²) in [6.45, 7) is 4.57. The van der Waals surface area contributed by atoms with Crippen molar-refractivity contribution in [2.45, 2.75) is 0 Å². The molecule has 0 bridgehead atoms. The van der Waals surface area contributed by atoms with E-state index in [0.29, 0.717) is 6.67 Å². The molecule has 2 rings (SSSR count). The van der Waals surface area contributed by atoms with Crippen LogP contribution in [-0.2, 0) is 0 Å². The molecule has 0 aliphatic rings.